The first-order chi connectivity index (χ1) is 9.02. The van der Waals surface area contributed by atoms with Crippen molar-refractivity contribution >= 4 is 11.9 Å². The lowest BCUT2D eigenvalue weighted by molar-refractivity contribution is -0.145. The van der Waals surface area contributed by atoms with Crippen molar-refractivity contribution in [3.63, 3.8) is 0 Å². The number of rotatable bonds is 3. The molecule has 102 valence electrons. The molecule has 0 bridgehead atoms. The van der Waals surface area contributed by atoms with E-state index in [-0.39, 0.29) is 12.7 Å². The van der Waals surface area contributed by atoms with Crippen LogP contribution < -0.4 is 14.8 Å². The lowest BCUT2D eigenvalue weighted by Gasteiger charge is -2.18. The van der Waals surface area contributed by atoms with Crippen molar-refractivity contribution in [3.8, 4) is 11.5 Å². The van der Waals surface area contributed by atoms with Gasteiger partial charge in [0.25, 0.3) is 0 Å². The quantitative estimate of drug-likeness (QED) is 0.828. The molecule has 1 heterocycles. The van der Waals surface area contributed by atoms with E-state index in [1.165, 1.54) is 14.0 Å². The second kappa shape index (κ2) is 5.17. The lowest BCUT2D eigenvalue weighted by Crippen LogP contribution is -2.33. The van der Waals surface area contributed by atoms with Crippen molar-refractivity contribution in [3.05, 3.63) is 23.3 Å². The van der Waals surface area contributed by atoms with Crippen molar-refractivity contribution in [1.29, 1.82) is 0 Å². The van der Waals surface area contributed by atoms with E-state index < -0.39 is 12.0 Å². The van der Waals surface area contributed by atoms with Gasteiger partial charge in [0.2, 0.25) is 12.7 Å². The van der Waals surface area contributed by atoms with E-state index in [4.69, 9.17) is 14.2 Å². The minimum absolute atomic E-state index is 0.154. The molecule has 6 nitrogen and oxygen atoms in total. The summed E-state index contributed by atoms with van der Waals surface area (Å²) in [4.78, 5) is 23.0. The Kier molecular flexibility index (Phi) is 3.59. The summed E-state index contributed by atoms with van der Waals surface area (Å²) in [6.45, 7) is 3.33. The molecule has 1 aliphatic rings. The molecule has 1 amide bonds. The van der Waals surface area contributed by atoms with E-state index >= 15 is 0 Å². The first kappa shape index (κ1) is 13.2. The highest BCUT2D eigenvalue weighted by molar-refractivity contribution is 5.85. The number of amides is 1. The van der Waals surface area contributed by atoms with E-state index in [2.05, 4.69) is 5.32 Å². The number of hydrogen-bond donors (Lipinski definition) is 1. The molecule has 0 spiro atoms. The lowest BCUT2D eigenvalue weighted by atomic mass is 10.00. The van der Waals surface area contributed by atoms with E-state index in [1.54, 1.807) is 12.1 Å². The largest absolute Gasteiger partial charge is 0.467 e. The minimum atomic E-state index is -0.850. The number of aryl methyl sites for hydroxylation is 1. The Bertz CT molecular complexity index is 526. The van der Waals surface area contributed by atoms with Crippen LogP contribution in [0.25, 0.3) is 0 Å². The number of esters is 1. The number of nitrogens with one attached hydrogen (secondary N) is 1. The Balaban J connectivity index is 2.41. The zero-order chi connectivity index (χ0) is 14.0. The van der Waals surface area contributed by atoms with Crippen LogP contribution in [0.3, 0.4) is 0 Å². The van der Waals surface area contributed by atoms with Gasteiger partial charge in [0.1, 0.15) is 0 Å². The molecule has 0 radical (unpaired) electrons. The molecule has 1 atom stereocenters. The Morgan fingerprint density at radius 3 is 2.53 bits per heavy atom. The number of fused-ring (bicyclic) bond motifs is 1. The Hall–Kier alpha value is -2.24. The number of hydrogen-bond acceptors (Lipinski definition) is 5. The molecule has 1 N–H and O–H groups in total. The normalized spacial score (nSPS) is 13.8. The van der Waals surface area contributed by atoms with Crippen molar-refractivity contribution in [2.45, 2.75) is 19.9 Å². The molecule has 1 aromatic carbocycles. The second-order valence-corrected chi connectivity index (χ2v) is 4.22. The molecule has 2 rings (SSSR count). The van der Waals surface area contributed by atoms with Crippen LogP contribution in [0.1, 0.15) is 24.1 Å². The van der Waals surface area contributed by atoms with Gasteiger partial charge in [-0.25, -0.2) is 4.79 Å². The van der Waals surface area contributed by atoms with Crippen molar-refractivity contribution in [1.82, 2.24) is 5.32 Å². The molecular formula is C13H15NO5. The van der Waals surface area contributed by atoms with Gasteiger partial charge >= 0.3 is 5.97 Å². The summed E-state index contributed by atoms with van der Waals surface area (Å²) >= 11 is 0. The maximum atomic E-state index is 11.8. The Labute approximate surface area is 110 Å². The molecule has 0 aromatic heterocycles. The molecule has 0 aliphatic carbocycles. The third kappa shape index (κ3) is 2.62. The third-order valence-electron chi connectivity index (χ3n) is 2.86. The molecule has 1 unspecified atom stereocenters. The number of methoxy groups -OCH3 is 1. The summed E-state index contributed by atoms with van der Waals surface area (Å²) < 4.78 is 15.2. The van der Waals surface area contributed by atoms with Gasteiger partial charge in [-0.15, -0.1) is 0 Å². The topological polar surface area (TPSA) is 73.9 Å². The molecule has 0 saturated heterocycles. The van der Waals surface area contributed by atoms with Gasteiger partial charge in [0.15, 0.2) is 17.5 Å². The average Bonchev–Trinajstić information content (AvgIpc) is 2.81. The fraction of sp³-hybridized carbons (Fsp3) is 0.385. The van der Waals surface area contributed by atoms with Crippen LogP contribution in [-0.4, -0.2) is 25.8 Å². The summed E-state index contributed by atoms with van der Waals surface area (Å²) in [5.41, 5.74) is 1.44. The van der Waals surface area contributed by atoms with Gasteiger partial charge in [0.05, 0.1) is 7.11 Å². The molecule has 1 aliphatic heterocycles. The predicted octanol–water partition coefficient (Wildman–Crippen LogP) is 1.07. The Morgan fingerprint density at radius 2 is 1.95 bits per heavy atom. The average molecular weight is 265 g/mol. The van der Waals surface area contributed by atoms with E-state index in [1.807, 2.05) is 6.92 Å². The number of benzene rings is 1. The van der Waals surface area contributed by atoms with Gasteiger partial charge in [0, 0.05) is 6.92 Å². The number of ether oxygens (including phenoxy) is 3. The van der Waals surface area contributed by atoms with Gasteiger partial charge in [-0.1, -0.05) is 0 Å². The smallest absolute Gasteiger partial charge is 0.333 e. The standard InChI is InChI=1S/C13H15NO5/c1-7-4-10-11(19-6-18-10)5-9(7)12(13(16)17-3)14-8(2)15/h4-5,12H,6H2,1-3H3,(H,14,15). The summed E-state index contributed by atoms with van der Waals surface area (Å²) in [5, 5.41) is 2.57. The van der Waals surface area contributed by atoms with E-state index in [0.717, 1.165) is 5.56 Å². The summed E-state index contributed by atoms with van der Waals surface area (Å²) in [5.74, 6) is 0.345. The van der Waals surface area contributed by atoms with Crippen LogP contribution in [0.4, 0.5) is 0 Å². The summed E-state index contributed by atoms with van der Waals surface area (Å²) in [6, 6.07) is 2.61. The van der Waals surface area contributed by atoms with E-state index in [0.29, 0.717) is 17.1 Å². The van der Waals surface area contributed by atoms with Crippen LogP contribution in [0.5, 0.6) is 11.5 Å². The predicted molar refractivity (Wildman–Crippen MR) is 65.9 cm³/mol. The van der Waals surface area contributed by atoms with Crippen LogP contribution >= 0.6 is 0 Å². The van der Waals surface area contributed by atoms with Crippen molar-refractivity contribution < 1.29 is 23.8 Å². The molecule has 6 heteroatoms. The maximum Gasteiger partial charge on any atom is 0.333 e. The highest BCUT2D eigenvalue weighted by atomic mass is 16.7. The molecule has 0 saturated carbocycles. The van der Waals surface area contributed by atoms with Crippen molar-refractivity contribution in [2.75, 3.05) is 13.9 Å². The fourth-order valence-corrected chi connectivity index (χ4v) is 1.96. The van der Waals surface area contributed by atoms with Crippen LogP contribution in [0, 0.1) is 6.92 Å². The number of carbonyl (C=O) groups is 2. The third-order valence-corrected chi connectivity index (χ3v) is 2.86. The maximum absolute atomic E-state index is 11.8. The minimum Gasteiger partial charge on any atom is -0.467 e. The van der Waals surface area contributed by atoms with Gasteiger partial charge in [-0.2, -0.15) is 0 Å². The van der Waals surface area contributed by atoms with Crippen LogP contribution in [-0.2, 0) is 14.3 Å². The van der Waals surface area contributed by atoms with Crippen molar-refractivity contribution in [2.24, 2.45) is 0 Å². The second-order valence-electron chi connectivity index (χ2n) is 4.22. The monoisotopic (exact) mass is 265 g/mol. The zero-order valence-corrected chi connectivity index (χ0v) is 11.0. The van der Waals surface area contributed by atoms with Gasteiger partial charge in [-0.3, -0.25) is 4.79 Å². The van der Waals surface area contributed by atoms with E-state index in [9.17, 15) is 9.59 Å². The van der Waals surface area contributed by atoms with Crippen LogP contribution in [0.2, 0.25) is 0 Å². The first-order valence-electron chi connectivity index (χ1n) is 5.78. The summed E-state index contributed by atoms with van der Waals surface area (Å²) in [7, 11) is 1.28. The van der Waals surface area contributed by atoms with Crippen LogP contribution in [0.15, 0.2) is 12.1 Å². The zero-order valence-electron chi connectivity index (χ0n) is 11.0. The number of carbonyl (C=O) groups excluding carboxylic acids is 2. The molecule has 0 fully saturated rings. The highest BCUT2D eigenvalue weighted by Crippen LogP contribution is 2.36. The highest BCUT2D eigenvalue weighted by Gasteiger charge is 2.27. The fourth-order valence-electron chi connectivity index (χ4n) is 1.96. The molecule has 19 heavy (non-hydrogen) atoms. The Morgan fingerprint density at radius 1 is 1.32 bits per heavy atom. The summed E-state index contributed by atoms with van der Waals surface area (Å²) in [6.07, 6.45) is 0. The van der Waals surface area contributed by atoms with Gasteiger partial charge < -0.3 is 19.5 Å². The van der Waals surface area contributed by atoms with Gasteiger partial charge in [-0.05, 0) is 30.2 Å². The molecule has 1 aromatic rings. The molecular weight excluding hydrogens is 250 g/mol. The SMILES string of the molecule is COC(=O)C(NC(C)=O)c1cc2c(cc1C)OCO2. The first-order valence-corrected chi connectivity index (χ1v) is 5.78.